The van der Waals surface area contributed by atoms with Gasteiger partial charge in [0.05, 0.1) is 10.5 Å². The van der Waals surface area contributed by atoms with Crippen LogP contribution in [0.3, 0.4) is 0 Å². The number of hydrogen-bond donors (Lipinski definition) is 1. The molecule has 0 atom stereocenters. The summed E-state index contributed by atoms with van der Waals surface area (Å²) in [6.07, 6.45) is 3.54. The van der Waals surface area contributed by atoms with Crippen LogP contribution in [0.2, 0.25) is 0 Å². The van der Waals surface area contributed by atoms with Gasteiger partial charge in [-0.15, -0.1) is 0 Å². The second-order valence-corrected chi connectivity index (χ2v) is 9.84. The van der Waals surface area contributed by atoms with E-state index in [1.165, 1.54) is 9.30 Å². The Kier molecular flexibility index (Phi) is 6.82. The Morgan fingerprint density at radius 1 is 1.27 bits per heavy atom. The molecule has 2 aliphatic heterocycles. The first-order valence-electron chi connectivity index (χ1n) is 10.7. The molecule has 4 rings (SSSR count). The number of carbonyl (C=O) groups excluding carboxylic acids is 1. The Labute approximate surface area is 200 Å². The summed E-state index contributed by atoms with van der Waals surface area (Å²) in [7, 11) is 2.06. The van der Waals surface area contributed by atoms with Crippen molar-refractivity contribution in [3.05, 3.63) is 44.7 Å². The minimum absolute atomic E-state index is 0.0427. The molecule has 0 unspecified atom stereocenters. The lowest BCUT2D eigenvalue weighted by Crippen LogP contribution is -2.45. The van der Waals surface area contributed by atoms with Crippen molar-refractivity contribution in [2.75, 3.05) is 44.7 Å². The number of hydrogen-bond acceptors (Lipinski definition) is 8. The zero-order valence-corrected chi connectivity index (χ0v) is 20.1. The summed E-state index contributed by atoms with van der Waals surface area (Å²) in [4.78, 5) is 48.3. The number of thioether (sulfide) groups is 1. The summed E-state index contributed by atoms with van der Waals surface area (Å²) in [5.41, 5.74) is 1.60. The van der Waals surface area contributed by atoms with Gasteiger partial charge in [0, 0.05) is 45.3 Å². The van der Waals surface area contributed by atoms with Gasteiger partial charge in [0.1, 0.15) is 15.8 Å². The van der Waals surface area contributed by atoms with Crippen LogP contribution in [-0.4, -0.2) is 80.3 Å². The molecular weight excluding hydrogens is 462 g/mol. The molecule has 33 heavy (non-hydrogen) atoms. The molecule has 2 aliphatic rings. The summed E-state index contributed by atoms with van der Waals surface area (Å²) >= 11 is 6.48. The highest BCUT2D eigenvalue weighted by atomic mass is 32.2. The van der Waals surface area contributed by atoms with E-state index in [9.17, 15) is 14.4 Å². The number of rotatable bonds is 6. The Hall–Kier alpha value is -2.76. The van der Waals surface area contributed by atoms with Gasteiger partial charge in [-0.3, -0.25) is 23.7 Å². The van der Waals surface area contributed by atoms with E-state index in [0.717, 1.165) is 43.5 Å². The molecule has 0 bridgehead atoms. The lowest BCUT2D eigenvalue weighted by molar-refractivity contribution is -0.137. The molecule has 2 aromatic heterocycles. The molecule has 2 saturated heterocycles. The number of thiocarbonyl (C=S) groups is 1. The highest BCUT2D eigenvalue weighted by Gasteiger charge is 2.33. The number of fused-ring (bicyclic) bond motifs is 1. The van der Waals surface area contributed by atoms with Crippen molar-refractivity contribution < 1.29 is 14.7 Å². The molecule has 2 aromatic rings. The van der Waals surface area contributed by atoms with Crippen molar-refractivity contribution in [1.29, 1.82) is 0 Å². The number of amides is 1. The maximum Gasteiger partial charge on any atom is 0.303 e. The molecule has 4 heterocycles. The fraction of sp³-hybridized carbons (Fsp3) is 0.409. The Morgan fingerprint density at radius 3 is 2.70 bits per heavy atom. The molecule has 0 saturated carbocycles. The first-order chi connectivity index (χ1) is 15.8. The number of anilines is 1. The maximum atomic E-state index is 13.5. The first-order valence-corrected chi connectivity index (χ1v) is 11.9. The van der Waals surface area contributed by atoms with E-state index in [1.807, 2.05) is 13.0 Å². The minimum Gasteiger partial charge on any atom is -0.481 e. The van der Waals surface area contributed by atoms with E-state index in [1.54, 1.807) is 18.3 Å². The third kappa shape index (κ3) is 4.80. The van der Waals surface area contributed by atoms with Crippen molar-refractivity contribution in [2.24, 2.45) is 0 Å². The Balaban J connectivity index is 1.75. The van der Waals surface area contributed by atoms with Crippen molar-refractivity contribution in [3.8, 4) is 0 Å². The Morgan fingerprint density at radius 2 is 2.00 bits per heavy atom. The maximum absolute atomic E-state index is 13.5. The van der Waals surface area contributed by atoms with Gasteiger partial charge >= 0.3 is 5.97 Å². The number of carboxylic acids is 1. The molecule has 1 N–H and O–H groups in total. The predicted molar refractivity (Wildman–Crippen MR) is 133 cm³/mol. The van der Waals surface area contributed by atoms with Gasteiger partial charge in [0.15, 0.2) is 0 Å². The fourth-order valence-electron chi connectivity index (χ4n) is 3.90. The van der Waals surface area contributed by atoms with Gasteiger partial charge in [-0.05, 0) is 38.1 Å². The summed E-state index contributed by atoms with van der Waals surface area (Å²) in [6.45, 7) is 5.29. The van der Waals surface area contributed by atoms with Crippen LogP contribution in [0.5, 0.6) is 0 Å². The monoisotopic (exact) mass is 487 g/mol. The number of likely N-dealkylation sites (N-methyl/N-ethyl adjacent to an activating group) is 1. The minimum atomic E-state index is -0.918. The summed E-state index contributed by atoms with van der Waals surface area (Å²) in [5, 5.41) is 8.87. The third-order valence-electron chi connectivity index (χ3n) is 5.79. The topological polar surface area (TPSA) is 98.5 Å². The van der Waals surface area contributed by atoms with E-state index >= 15 is 0 Å². The third-order valence-corrected chi connectivity index (χ3v) is 7.17. The molecule has 174 valence electrons. The molecule has 11 heteroatoms. The van der Waals surface area contributed by atoms with Gasteiger partial charge in [-0.1, -0.05) is 30.0 Å². The van der Waals surface area contributed by atoms with Crippen molar-refractivity contribution >= 4 is 57.7 Å². The molecule has 2 fully saturated rings. The van der Waals surface area contributed by atoms with E-state index in [2.05, 4.69) is 16.8 Å². The number of aryl methyl sites for hydroxylation is 1. The van der Waals surface area contributed by atoms with Crippen LogP contribution in [0.15, 0.2) is 28.0 Å². The van der Waals surface area contributed by atoms with Gasteiger partial charge in [-0.25, -0.2) is 4.98 Å². The van der Waals surface area contributed by atoms with Crippen molar-refractivity contribution in [1.82, 2.24) is 19.2 Å². The van der Waals surface area contributed by atoms with Crippen LogP contribution < -0.4 is 10.5 Å². The fourth-order valence-corrected chi connectivity index (χ4v) is 5.19. The van der Waals surface area contributed by atoms with Crippen LogP contribution >= 0.6 is 24.0 Å². The molecule has 0 radical (unpaired) electrons. The Bertz CT molecular complexity index is 1220. The SMILES string of the molecule is Cc1cccn2c(=O)c(C=C3SC(=S)N(CCCC(=O)O)C3=O)c(N3CCN(C)CC3)nc12. The number of aliphatic carboxylic acids is 1. The van der Waals surface area contributed by atoms with Gasteiger partial charge < -0.3 is 14.9 Å². The number of aromatic nitrogens is 2. The number of piperazine rings is 1. The second-order valence-electron chi connectivity index (χ2n) is 8.16. The zero-order chi connectivity index (χ0) is 23.7. The van der Waals surface area contributed by atoms with Gasteiger partial charge in [0.2, 0.25) is 0 Å². The van der Waals surface area contributed by atoms with Crippen molar-refractivity contribution in [2.45, 2.75) is 19.8 Å². The summed E-state index contributed by atoms with van der Waals surface area (Å²) in [5.74, 6) is -0.662. The van der Waals surface area contributed by atoms with Gasteiger partial charge in [0.25, 0.3) is 11.5 Å². The van der Waals surface area contributed by atoms with Crippen LogP contribution in [-0.2, 0) is 9.59 Å². The summed E-state index contributed by atoms with van der Waals surface area (Å²) < 4.78 is 1.87. The molecule has 1 amide bonds. The second kappa shape index (κ2) is 9.62. The molecule has 0 spiro atoms. The highest BCUT2D eigenvalue weighted by Crippen LogP contribution is 2.34. The molecular formula is C22H25N5O4S2. The lowest BCUT2D eigenvalue weighted by atomic mass is 10.2. The highest BCUT2D eigenvalue weighted by molar-refractivity contribution is 8.26. The normalized spacial score (nSPS) is 18.7. The number of nitrogens with zero attached hydrogens (tertiary/aromatic N) is 5. The predicted octanol–water partition coefficient (Wildman–Crippen LogP) is 1.82. The van der Waals surface area contributed by atoms with Crippen molar-refractivity contribution in [3.63, 3.8) is 0 Å². The zero-order valence-electron chi connectivity index (χ0n) is 18.5. The van der Waals surface area contributed by atoms with Crippen LogP contribution in [0.25, 0.3) is 11.7 Å². The first kappa shape index (κ1) is 23.4. The number of carboxylic acid groups (broad SMARTS) is 1. The smallest absolute Gasteiger partial charge is 0.303 e. The summed E-state index contributed by atoms with van der Waals surface area (Å²) in [6, 6.07) is 3.71. The van der Waals surface area contributed by atoms with Crippen LogP contribution in [0.1, 0.15) is 24.0 Å². The van der Waals surface area contributed by atoms with Crippen LogP contribution in [0.4, 0.5) is 5.82 Å². The molecule has 0 aromatic carbocycles. The lowest BCUT2D eigenvalue weighted by Gasteiger charge is -2.34. The van der Waals surface area contributed by atoms with Gasteiger partial charge in [-0.2, -0.15) is 0 Å². The largest absolute Gasteiger partial charge is 0.481 e. The standard InChI is InChI=1S/C22H25N5O4S2/c1-14-5-3-7-26-18(14)23-19(25-11-9-24(2)10-12-25)15(20(26)30)13-16-21(31)27(22(32)33-16)8-4-6-17(28)29/h3,5,7,13H,4,6,8-12H2,1-2H3,(H,28,29). The van der Waals surface area contributed by atoms with E-state index in [4.69, 9.17) is 22.3 Å². The number of pyridine rings is 1. The van der Waals surface area contributed by atoms with E-state index < -0.39 is 5.97 Å². The average Bonchev–Trinajstić information content (AvgIpc) is 3.04. The number of carbonyl (C=O) groups is 2. The average molecular weight is 488 g/mol. The van der Waals surface area contributed by atoms with E-state index in [0.29, 0.717) is 32.7 Å². The molecule has 9 nitrogen and oxygen atoms in total. The molecule has 0 aliphatic carbocycles. The van der Waals surface area contributed by atoms with Crippen LogP contribution in [0, 0.1) is 6.92 Å². The van der Waals surface area contributed by atoms with E-state index in [-0.39, 0.29) is 24.4 Å². The quantitative estimate of drug-likeness (QED) is 0.483.